The van der Waals surface area contributed by atoms with Gasteiger partial charge >= 0.3 is 156 Å². The predicted molar refractivity (Wildman–Crippen MR) is 92.8 cm³/mol. The van der Waals surface area contributed by atoms with Gasteiger partial charge in [-0.3, -0.25) is 0 Å². The molecule has 0 aromatic rings. The number of likely N-dealkylation sites (N-methyl/N-ethyl adjacent to an activating group) is 1. The molecule has 9 nitrogen and oxygen atoms in total. The van der Waals surface area contributed by atoms with Crippen molar-refractivity contribution in [3.8, 4) is 0 Å². The van der Waals surface area contributed by atoms with E-state index >= 15 is 0 Å². The number of rotatable bonds is 11. The van der Waals surface area contributed by atoms with Gasteiger partial charge in [0.15, 0.2) is 0 Å². The van der Waals surface area contributed by atoms with Crippen molar-refractivity contribution >= 4 is 61.1 Å². The molecular weight excluding hydrogens is 421 g/mol. The molecule has 0 aliphatic heterocycles. The van der Waals surface area contributed by atoms with E-state index in [0.29, 0.717) is 0 Å². The number of carbonyl (C=O) groups is 4. The number of carboxylic acids is 2. The van der Waals surface area contributed by atoms with E-state index in [2.05, 4.69) is 23.3 Å². The minimum absolute atomic E-state index is 0.0208. The maximum absolute atomic E-state index is 12.0. The van der Waals surface area contributed by atoms with Crippen LogP contribution in [-0.2, 0) is 19.2 Å². The van der Waals surface area contributed by atoms with Crippen LogP contribution in [0.15, 0.2) is 0 Å². The normalized spacial score (nSPS) is 14.7. The molecule has 0 aromatic carbocycles. The average molecular weight is 441 g/mol. The number of amides is 2. The van der Waals surface area contributed by atoms with Crippen molar-refractivity contribution in [3.05, 3.63) is 0 Å². The van der Waals surface area contributed by atoms with E-state index in [9.17, 15) is 24.3 Å². The van der Waals surface area contributed by atoms with Crippen molar-refractivity contribution in [2.45, 2.75) is 31.3 Å². The van der Waals surface area contributed by atoms with Gasteiger partial charge in [0.05, 0.1) is 0 Å². The number of carbonyl (C=O) groups excluding carboxylic acids is 2. The Morgan fingerprint density at radius 2 is 1.92 bits per heavy atom. The number of aliphatic carboxylic acids is 2. The van der Waals surface area contributed by atoms with E-state index in [1.807, 2.05) is 0 Å². The summed E-state index contributed by atoms with van der Waals surface area (Å²) in [6.07, 6.45) is -0.104. The van der Waals surface area contributed by atoms with Crippen LogP contribution in [0, 0.1) is 0 Å². The Kier molecular flexibility index (Phi) is 10.3. The second-order valence-electron chi connectivity index (χ2n) is 5.10. The standard InChI is InChI=1S/C12H20AsN3O6S2/c1-12(11(21)22,16(2)13-24)4-3-8(17)15-7(6-23)10(20)14-5-9(18)19/h7,23H,3-6H2,1-2H3,(H,14,20)(H,15,17)(H,18,19)(H,21,22)/t7-,12-/m0/s1. The molecule has 2 atom stereocenters. The SMILES string of the molecule is CN([As]=S)[C@@](C)(CCC(=O)N[C@@H](CS)C(=O)NCC(=O)O)C(=O)O. The molecule has 0 aliphatic rings. The Morgan fingerprint density at radius 3 is 2.33 bits per heavy atom. The van der Waals surface area contributed by atoms with Crippen LogP contribution < -0.4 is 10.6 Å². The average Bonchev–Trinajstić information content (AvgIpc) is 2.53. The first-order valence-electron chi connectivity index (χ1n) is 6.78. The summed E-state index contributed by atoms with van der Waals surface area (Å²) in [7, 11) is 6.53. The Hall–Kier alpha value is -1.03. The zero-order valence-electron chi connectivity index (χ0n) is 13.2. The number of hydrogen-bond acceptors (Lipinski definition) is 6. The molecule has 24 heavy (non-hydrogen) atoms. The number of carboxylic acid groups (broad SMARTS) is 2. The summed E-state index contributed by atoms with van der Waals surface area (Å²) in [5, 5.41) is 22.4. The van der Waals surface area contributed by atoms with E-state index in [0.717, 1.165) is 0 Å². The van der Waals surface area contributed by atoms with Gasteiger partial charge in [-0.1, -0.05) is 0 Å². The molecule has 2 amide bonds. The van der Waals surface area contributed by atoms with Crippen LogP contribution in [0.3, 0.4) is 0 Å². The van der Waals surface area contributed by atoms with Gasteiger partial charge in [-0.15, -0.1) is 0 Å². The van der Waals surface area contributed by atoms with Gasteiger partial charge in [0, 0.05) is 0 Å². The van der Waals surface area contributed by atoms with E-state index in [1.165, 1.54) is 10.7 Å². The van der Waals surface area contributed by atoms with Crippen LogP contribution in [0.4, 0.5) is 0 Å². The molecule has 136 valence electrons. The Morgan fingerprint density at radius 1 is 1.33 bits per heavy atom. The molecule has 12 heteroatoms. The van der Waals surface area contributed by atoms with Gasteiger partial charge < -0.3 is 0 Å². The molecule has 0 aliphatic carbocycles. The molecule has 0 fully saturated rings. The zero-order chi connectivity index (χ0) is 18.9. The van der Waals surface area contributed by atoms with E-state index in [4.69, 9.17) is 15.5 Å². The van der Waals surface area contributed by atoms with Gasteiger partial charge in [0.25, 0.3) is 0 Å². The van der Waals surface area contributed by atoms with Crippen molar-refractivity contribution in [3.63, 3.8) is 0 Å². The van der Waals surface area contributed by atoms with Crippen molar-refractivity contribution in [1.82, 2.24) is 14.5 Å². The first-order valence-corrected chi connectivity index (χ1v) is 10.9. The summed E-state index contributed by atoms with van der Waals surface area (Å²) in [5.74, 6) is -3.51. The molecular formula is C12H20AsN3O6S2. The van der Waals surface area contributed by atoms with Crippen LogP contribution in [0.2, 0.25) is 0 Å². The molecule has 0 aromatic heterocycles. The van der Waals surface area contributed by atoms with Crippen LogP contribution in [0.5, 0.6) is 0 Å². The van der Waals surface area contributed by atoms with E-state index in [-0.39, 0.29) is 18.6 Å². The molecule has 0 unspecified atom stereocenters. The fourth-order valence-corrected chi connectivity index (χ4v) is 3.56. The molecule has 0 rings (SSSR count). The Labute approximate surface area is 155 Å². The van der Waals surface area contributed by atoms with Crippen molar-refractivity contribution < 1.29 is 29.4 Å². The van der Waals surface area contributed by atoms with Gasteiger partial charge in [0.1, 0.15) is 0 Å². The third-order valence-electron chi connectivity index (χ3n) is 3.38. The summed E-state index contributed by atoms with van der Waals surface area (Å²) in [6.45, 7) is 0.920. The summed E-state index contributed by atoms with van der Waals surface area (Å²) >= 11 is 3.21. The van der Waals surface area contributed by atoms with Gasteiger partial charge in [-0.2, -0.15) is 0 Å². The van der Waals surface area contributed by atoms with Crippen molar-refractivity contribution in [2.75, 3.05) is 19.3 Å². The Bertz CT molecular complexity index is 521. The molecule has 0 saturated heterocycles. The number of hydrogen-bond donors (Lipinski definition) is 5. The summed E-state index contributed by atoms with van der Waals surface area (Å²) < 4.78 is 1.53. The van der Waals surface area contributed by atoms with Gasteiger partial charge in [-0.05, 0) is 0 Å². The molecule has 0 bridgehead atoms. The van der Waals surface area contributed by atoms with Crippen molar-refractivity contribution in [2.24, 2.45) is 0 Å². The minimum atomic E-state index is -1.26. The molecule has 4 N–H and O–H groups in total. The van der Waals surface area contributed by atoms with Crippen molar-refractivity contribution in [1.29, 1.82) is 0 Å². The molecule has 0 radical (unpaired) electrons. The van der Waals surface area contributed by atoms with Crippen LogP contribution in [0.1, 0.15) is 19.8 Å². The second kappa shape index (κ2) is 10.8. The fourth-order valence-electron chi connectivity index (χ4n) is 1.60. The first kappa shape index (κ1) is 23.0. The first-order chi connectivity index (χ1) is 11.1. The fraction of sp³-hybridized carbons (Fsp3) is 0.667. The molecule has 0 spiro atoms. The topological polar surface area (TPSA) is 136 Å². The Balaban J connectivity index is 4.69. The van der Waals surface area contributed by atoms with Crippen LogP contribution in [-0.4, -0.2) is 83.0 Å². The summed E-state index contributed by atoms with van der Waals surface area (Å²) in [4.78, 5) is 45.5. The molecule has 0 heterocycles. The van der Waals surface area contributed by atoms with E-state index < -0.39 is 56.2 Å². The van der Waals surface area contributed by atoms with Gasteiger partial charge in [0.2, 0.25) is 0 Å². The van der Waals surface area contributed by atoms with Crippen LogP contribution >= 0.6 is 23.0 Å². The quantitative estimate of drug-likeness (QED) is 0.201. The summed E-state index contributed by atoms with van der Waals surface area (Å²) in [6, 6.07) is -1.00. The third-order valence-corrected chi connectivity index (χ3v) is 6.46. The van der Waals surface area contributed by atoms with Gasteiger partial charge in [-0.25, -0.2) is 0 Å². The summed E-state index contributed by atoms with van der Waals surface area (Å²) in [5.41, 5.74) is -1.26. The number of thiol groups is 1. The van der Waals surface area contributed by atoms with E-state index in [1.54, 1.807) is 7.05 Å². The molecule has 0 saturated carbocycles. The second-order valence-corrected chi connectivity index (χ2v) is 7.91. The number of nitrogens with one attached hydrogen (secondary N) is 2. The monoisotopic (exact) mass is 441 g/mol. The zero-order valence-corrected chi connectivity index (χ0v) is 16.8. The third kappa shape index (κ3) is 7.25. The number of nitrogens with zero attached hydrogens (tertiary/aromatic N) is 1. The predicted octanol–water partition coefficient (Wildman–Crippen LogP) is -1.11. The van der Waals surface area contributed by atoms with Crippen LogP contribution in [0.25, 0.3) is 0 Å². The maximum atomic E-state index is 12.0.